The third-order valence-electron chi connectivity index (χ3n) is 6.63. The Hall–Kier alpha value is -5.37. The number of nitrogens with one attached hydrogen (secondary N) is 2. The van der Waals surface area contributed by atoms with Gasteiger partial charge in [-0.25, -0.2) is 9.97 Å². The number of hydrogen-bond donors (Lipinski definition) is 3. The maximum Gasteiger partial charge on any atom is 0.230 e. The molecule has 0 unspecified atom stereocenters. The van der Waals surface area contributed by atoms with Gasteiger partial charge in [0.05, 0.1) is 12.5 Å². The van der Waals surface area contributed by atoms with Gasteiger partial charge in [-0.15, -0.1) is 0 Å². The zero-order valence-corrected chi connectivity index (χ0v) is 21.7. The van der Waals surface area contributed by atoms with Crippen LogP contribution < -0.4 is 21.3 Å². The van der Waals surface area contributed by atoms with Crippen molar-refractivity contribution in [2.75, 3.05) is 34.4 Å². The SMILES string of the molecule is N#Cc1c(NCc2ccccc2)nc(Nc2c(-c3ccco3)nc(N)nc2N2CCCCC2)nc1-c1ccco1. The molecule has 1 aromatic carbocycles. The molecule has 5 heterocycles. The molecule has 0 saturated carbocycles. The van der Waals surface area contributed by atoms with Gasteiger partial charge in [0.25, 0.3) is 0 Å². The molecule has 1 aliphatic heterocycles. The van der Waals surface area contributed by atoms with Gasteiger partial charge >= 0.3 is 0 Å². The van der Waals surface area contributed by atoms with E-state index in [1.807, 2.05) is 36.4 Å². The minimum absolute atomic E-state index is 0.139. The second-order valence-electron chi connectivity index (χ2n) is 9.33. The van der Waals surface area contributed by atoms with Crippen LogP contribution >= 0.6 is 0 Å². The van der Waals surface area contributed by atoms with E-state index in [-0.39, 0.29) is 17.5 Å². The van der Waals surface area contributed by atoms with Gasteiger partial charge in [-0.05, 0) is 49.1 Å². The lowest BCUT2D eigenvalue weighted by Gasteiger charge is -2.30. The molecule has 0 amide bonds. The molecule has 1 fully saturated rings. The van der Waals surface area contributed by atoms with Crippen molar-refractivity contribution in [3.05, 3.63) is 78.3 Å². The van der Waals surface area contributed by atoms with Gasteiger partial charge in [0.1, 0.15) is 28.7 Å². The van der Waals surface area contributed by atoms with Gasteiger partial charge in [-0.1, -0.05) is 30.3 Å². The van der Waals surface area contributed by atoms with E-state index >= 15 is 0 Å². The number of piperidine rings is 1. The molecule has 0 spiro atoms. The van der Waals surface area contributed by atoms with Crippen LogP contribution in [0, 0.1) is 11.3 Å². The Balaban J connectivity index is 1.47. The molecule has 1 saturated heterocycles. The monoisotopic (exact) mass is 533 g/mol. The lowest BCUT2D eigenvalue weighted by Crippen LogP contribution is -2.31. The smallest absolute Gasteiger partial charge is 0.230 e. The predicted octanol–water partition coefficient (Wildman–Crippen LogP) is 5.59. The average molecular weight is 534 g/mol. The number of anilines is 5. The molecule has 0 atom stereocenters. The summed E-state index contributed by atoms with van der Waals surface area (Å²) in [6, 6.07) is 19.2. The van der Waals surface area contributed by atoms with E-state index in [9.17, 15) is 5.26 Å². The second-order valence-corrected chi connectivity index (χ2v) is 9.33. The molecule has 4 N–H and O–H groups in total. The zero-order chi connectivity index (χ0) is 27.3. The Morgan fingerprint density at radius 1 is 0.850 bits per heavy atom. The highest BCUT2D eigenvalue weighted by atomic mass is 16.3. The number of hydrogen-bond acceptors (Lipinski definition) is 11. The summed E-state index contributed by atoms with van der Waals surface area (Å²) in [6.45, 7) is 2.13. The van der Waals surface area contributed by atoms with Crippen LogP contribution in [0.4, 0.5) is 29.2 Å². The first-order valence-electron chi connectivity index (χ1n) is 13.1. The van der Waals surface area contributed by atoms with E-state index in [4.69, 9.17) is 24.5 Å². The molecule has 0 aliphatic carbocycles. The van der Waals surface area contributed by atoms with E-state index in [1.54, 1.807) is 30.7 Å². The van der Waals surface area contributed by atoms with E-state index in [0.717, 1.165) is 37.9 Å². The summed E-state index contributed by atoms with van der Waals surface area (Å²) in [4.78, 5) is 20.7. The van der Waals surface area contributed by atoms with Gasteiger partial charge in [0.15, 0.2) is 23.2 Å². The van der Waals surface area contributed by atoms with Crippen molar-refractivity contribution in [2.24, 2.45) is 0 Å². The van der Waals surface area contributed by atoms with Gasteiger partial charge < -0.3 is 30.1 Å². The zero-order valence-electron chi connectivity index (χ0n) is 21.7. The first kappa shape index (κ1) is 24.9. The standard InChI is InChI=1S/C29H27N9O2/c30-17-20-23(21-11-7-15-39-21)34-29(36-26(20)32-18-19-9-3-1-4-10-19)35-25-24(22-12-8-16-40-22)33-28(31)37-27(25)38-13-5-2-6-14-38/h1,3-4,7-12,15-16H,2,5-6,13-14,18H2,(H2,31,33,37)(H2,32,34,35,36). The number of nitrogen functional groups attached to an aromatic ring is 1. The van der Waals surface area contributed by atoms with E-state index in [1.165, 1.54) is 0 Å². The Morgan fingerprint density at radius 2 is 1.57 bits per heavy atom. The molecule has 11 heteroatoms. The average Bonchev–Trinajstić information content (AvgIpc) is 3.73. The summed E-state index contributed by atoms with van der Waals surface area (Å²) >= 11 is 0. The van der Waals surface area contributed by atoms with E-state index in [0.29, 0.717) is 46.8 Å². The third kappa shape index (κ3) is 5.15. The fourth-order valence-corrected chi connectivity index (χ4v) is 4.74. The molecule has 11 nitrogen and oxygen atoms in total. The maximum atomic E-state index is 10.1. The molecule has 40 heavy (non-hydrogen) atoms. The minimum atomic E-state index is 0.139. The number of benzene rings is 1. The topological polar surface area (TPSA) is 155 Å². The Morgan fingerprint density at radius 3 is 2.25 bits per heavy atom. The number of furan rings is 2. The third-order valence-corrected chi connectivity index (χ3v) is 6.63. The van der Waals surface area contributed by atoms with Crippen molar-refractivity contribution in [1.29, 1.82) is 5.26 Å². The van der Waals surface area contributed by atoms with Crippen LogP contribution in [-0.2, 0) is 6.54 Å². The quantitative estimate of drug-likeness (QED) is 0.229. The minimum Gasteiger partial charge on any atom is -0.463 e. The highest BCUT2D eigenvalue weighted by molar-refractivity contribution is 5.85. The summed E-state index contributed by atoms with van der Waals surface area (Å²) in [5.41, 5.74) is 8.90. The summed E-state index contributed by atoms with van der Waals surface area (Å²) in [7, 11) is 0. The van der Waals surface area contributed by atoms with Gasteiger partial charge in [0, 0.05) is 19.6 Å². The first-order chi connectivity index (χ1) is 19.7. The highest BCUT2D eigenvalue weighted by Gasteiger charge is 2.25. The lowest BCUT2D eigenvalue weighted by atomic mass is 10.1. The Labute approximate surface area is 230 Å². The number of rotatable bonds is 8. The van der Waals surface area contributed by atoms with Crippen molar-refractivity contribution >= 4 is 29.2 Å². The van der Waals surface area contributed by atoms with Crippen LogP contribution in [-0.4, -0.2) is 33.0 Å². The molecule has 1 aliphatic rings. The van der Waals surface area contributed by atoms with Gasteiger partial charge in [0.2, 0.25) is 11.9 Å². The molecule has 0 radical (unpaired) electrons. The molecule has 6 rings (SSSR count). The molecule has 200 valence electrons. The number of aromatic nitrogens is 4. The Kier molecular flexibility index (Phi) is 6.96. The second kappa shape index (κ2) is 11.2. The number of nitrogens with zero attached hydrogens (tertiary/aromatic N) is 6. The lowest BCUT2D eigenvalue weighted by molar-refractivity contribution is 0.571. The van der Waals surface area contributed by atoms with Crippen molar-refractivity contribution in [1.82, 2.24) is 19.9 Å². The molecule has 5 aromatic rings. The molecular formula is C29H27N9O2. The van der Waals surface area contributed by atoms with Crippen LogP contribution in [0.2, 0.25) is 0 Å². The number of nitrogens with two attached hydrogens (primary N) is 1. The van der Waals surface area contributed by atoms with Gasteiger partial charge in [-0.2, -0.15) is 15.2 Å². The summed E-state index contributed by atoms with van der Waals surface area (Å²) in [5, 5.41) is 16.8. The normalized spacial score (nSPS) is 13.1. The van der Waals surface area contributed by atoms with Crippen LogP contribution in [0.3, 0.4) is 0 Å². The van der Waals surface area contributed by atoms with Gasteiger partial charge in [-0.3, -0.25) is 0 Å². The first-order valence-corrected chi connectivity index (χ1v) is 13.1. The summed E-state index contributed by atoms with van der Waals surface area (Å²) < 4.78 is 11.4. The van der Waals surface area contributed by atoms with Crippen LogP contribution in [0.15, 0.2) is 76.0 Å². The van der Waals surface area contributed by atoms with Crippen molar-refractivity contribution < 1.29 is 8.83 Å². The highest BCUT2D eigenvalue weighted by Crippen LogP contribution is 2.38. The molecular weight excluding hydrogens is 506 g/mol. The van der Waals surface area contributed by atoms with Crippen molar-refractivity contribution in [2.45, 2.75) is 25.8 Å². The van der Waals surface area contributed by atoms with Crippen LogP contribution in [0.25, 0.3) is 22.9 Å². The van der Waals surface area contributed by atoms with Crippen LogP contribution in [0.5, 0.6) is 0 Å². The maximum absolute atomic E-state index is 10.1. The number of nitriles is 1. The fourth-order valence-electron chi connectivity index (χ4n) is 4.74. The van der Waals surface area contributed by atoms with Crippen molar-refractivity contribution in [3.8, 4) is 29.0 Å². The fraction of sp³-hybridized carbons (Fsp3) is 0.207. The molecule has 0 bridgehead atoms. The Bertz CT molecular complexity index is 1620. The van der Waals surface area contributed by atoms with E-state index in [2.05, 4.69) is 31.6 Å². The van der Waals surface area contributed by atoms with Crippen molar-refractivity contribution in [3.63, 3.8) is 0 Å². The van der Waals surface area contributed by atoms with Crippen LogP contribution in [0.1, 0.15) is 30.4 Å². The van der Waals surface area contributed by atoms with E-state index < -0.39 is 0 Å². The summed E-state index contributed by atoms with van der Waals surface area (Å²) in [5.74, 6) is 2.36. The predicted molar refractivity (Wildman–Crippen MR) is 152 cm³/mol. The molecule has 4 aromatic heterocycles. The largest absolute Gasteiger partial charge is 0.463 e. The summed E-state index contributed by atoms with van der Waals surface area (Å²) in [6.07, 6.45) is 6.37.